The largest absolute Gasteiger partial charge is 0.371 e. The molecule has 1 aromatic carbocycles. The van der Waals surface area contributed by atoms with Gasteiger partial charge in [-0.25, -0.2) is 0 Å². The minimum absolute atomic E-state index is 0.0703. The molecule has 0 spiro atoms. The van der Waals surface area contributed by atoms with Crippen molar-refractivity contribution >= 4 is 33.0 Å². The van der Waals surface area contributed by atoms with E-state index in [0.29, 0.717) is 4.88 Å². The predicted molar refractivity (Wildman–Crippen MR) is 115 cm³/mol. The van der Waals surface area contributed by atoms with Crippen molar-refractivity contribution in [3.63, 3.8) is 0 Å². The van der Waals surface area contributed by atoms with Crippen LogP contribution < -0.4 is 10.2 Å². The molecule has 4 heterocycles. The molecule has 0 bridgehead atoms. The molecule has 6 rings (SSSR count). The van der Waals surface area contributed by atoms with Crippen LogP contribution in [0.3, 0.4) is 0 Å². The van der Waals surface area contributed by atoms with Gasteiger partial charge in [0.05, 0.1) is 15.8 Å². The van der Waals surface area contributed by atoms with E-state index in [0.717, 1.165) is 70.6 Å². The highest BCUT2D eigenvalue weighted by Gasteiger charge is 2.41. The third kappa shape index (κ3) is 2.26. The van der Waals surface area contributed by atoms with Crippen LogP contribution in [0.2, 0.25) is 0 Å². The maximum atomic E-state index is 13.4. The lowest BCUT2D eigenvalue weighted by Gasteiger charge is -2.33. The molecule has 6 heteroatoms. The molecule has 0 radical (unpaired) electrons. The fraction of sp³-hybridized carbons (Fsp3) is 0.391. The molecule has 5 nitrogen and oxygen atoms in total. The Kier molecular flexibility index (Phi) is 3.40. The van der Waals surface area contributed by atoms with Gasteiger partial charge in [0.1, 0.15) is 10.9 Å². The Morgan fingerprint density at radius 3 is 2.69 bits per heavy atom. The number of aromatic nitrogens is 1. The van der Waals surface area contributed by atoms with Gasteiger partial charge in [-0.1, -0.05) is 13.8 Å². The molecule has 0 amide bonds. The number of benzene rings is 1. The number of anilines is 1. The van der Waals surface area contributed by atoms with Crippen molar-refractivity contribution < 1.29 is 4.79 Å². The number of H-pyrrole nitrogens is 1. The summed E-state index contributed by atoms with van der Waals surface area (Å²) in [5.74, 6) is 1.54. The van der Waals surface area contributed by atoms with Gasteiger partial charge >= 0.3 is 0 Å². The van der Waals surface area contributed by atoms with Crippen LogP contribution in [0.4, 0.5) is 5.69 Å². The Hall–Kier alpha value is -2.62. The van der Waals surface area contributed by atoms with Crippen molar-refractivity contribution in [2.45, 2.75) is 19.3 Å². The Bertz CT molecular complexity index is 1220. The fourth-order valence-electron chi connectivity index (χ4n) is 5.50. The molecule has 29 heavy (non-hydrogen) atoms. The zero-order valence-electron chi connectivity index (χ0n) is 16.5. The number of rotatable bonds is 1. The molecule has 2 aliphatic heterocycles. The topological polar surface area (TPSA) is 71.9 Å². The minimum atomic E-state index is -0.294. The van der Waals surface area contributed by atoms with Crippen LogP contribution in [0.5, 0.6) is 0 Å². The van der Waals surface area contributed by atoms with Crippen LogP contribution in [-0.4, -0.2) is 36.9 Å². The Labute approximate surface area is 173 Å². The van der Waals surface area contributed by atoms with E-state index in [4.69, 9.17) is 0 Å². The fourth-order valence-corrected chi connectivity index (χ4v) is 6.46. The van der Waals surface area contributed by atoms with E-state index in [1.54, 1.807) is 0 Å². The molecule has 2 N–H and O–H groups in total. The monoisotopic (exact) mass is 402 g/mol. The summed E-state index contributed by atoms with van der Waals surface area (Å²) < 4.78 is 0.907. The third-order valence-electron chi connectivity index (χ3n) is 7.11. The summed E-state index contributed by atoms with van der Waals surface area (Å²) in [7, 11) is 0. The lowest BCUT2D eigenvalue weighted by Crippen LogP contribution is -2.31. The van der Waals surface area contributed by atoms with E-state index in [9.17, 15) is 10.1 Å². The lowest BCUT2D eigenvalue weighted by molar-refractivity contribution is 0.103. The summed E-state index contributed by atoms with van der Waals surface area (Å²) in [5.41, 5.74) is 5.43. The molecular weight excluding hydrogens is 380 g/mol. The van der Waals surface area contributed by atoms with Crippen molar-refractivity contribution in [1.29, 1.82) is 5.26 Å². The van der Waals surface area contributed by atoms with Crippen molar-refractivity contribution in [3.05, 3.63) is 51.5 Å². The van der Waals surface area contributed by atoms with Gasteiger partial charge in [0.15, 0.2) is 5.78 Å². The zero-order valence-corrected chi connectivity index (χ0v) is 17.3. The molecular formula is C23H22N4OS. The number of thiophene rings is 1. The number of nitrogens with zero attached hydrogens (tertiary/aromatic N) is 2. The first-order valence-corrected chi connectivity index (χ1v) is 11.0. The number of fused-ring (bicyclic) bond motifs is 5. The van der Waals surface area contributed by atoms with E-state index in [1.807, 2.05) is 12.1 Å². The van der Waals surface area contributed by atoms with E-state index in [2.05, 4.69) is 47.3 Å². The van der Waals surface area contributed by atoms with Crippen LogP contribution in [0.15, 0.2) is 24.3 Å². The number of nitriles is 1. The van der Waals surface area contributed by atoms with Crippen molar-refractivity contribution in [2.75, 3.05) is 31.1 Å². The second kappa shape index (κ2) is 5.71. The first kappa shape index (κ1) is 17.3. The maximum absolute atomic E-state index is 13.4. The van der Waals surface area contributed by atoms with Crippen LogP contribution in [0.25, 0.3) is 10.2 Å². The van der Waals surface area contributed by atoms with Crippen molar-refractivity contribution in [3.8, 4) is 6.07 Å². The second-order valence-corrected chi connectivity index (χ2v) is 10.2. The molecule has 1 aliphatic carbocycles. The summed E-state index contributed by atoms with van der Waals surface area (Å²) in [5, 5.41) is 12.7. The Morgan fingerprint density at radius 2 is 1.97 bits per heavy atom. The molecule has 146 valence electrons. The number of ketones is 1. The highest BCUT2D eigenvalue weighted by molar-refractivity contribution is 7.20. The molecule has 3 aliphatic rings. The highest BCUT2D eigenvalue weighted by atomic mass is 32.1. The predicted octanol–water partition coefficient (Wildman–Crippen LogP) is 3.63. The average molecular weight is 403 g/mol. The third-order valence-corrected chi connectivity index (χ3v) is 8.16. The van der Waals surface area contributed by atoms with E-state index in [-0.39, 0.29) is 11.2 Å². The van der Waals surface area contributed by atoms with Crippen molar-refractivity contribution in [1.82, 2.24) is 10.3 Å². The highest BCUT2D eigenvalue weighted by Crippen LogP contribution is 2.46. The molecule has 2 atom stereocenters. The molecule has 2 saturated heterocycles. The molecule has 2 aromatic heterocycles. The summed E-state index contributed by atoms with van der Waals surface area (Å²) in [6, 6.07) is 10.4. The normalized spacial score (nSPS) is 24.4. The van der Waals surface area contributed by atoms with Crippen LogP contribution >= 0.6 is 11.3 Å². The van der Waals surface area contributed by atoms with Gasteiger partial charge in [0, 0.05) is 48.5 Å². The van der Waals surface area contributed by atoms with Gasteiger partial charge in [-0.15, -0.1) is 11.3 Å². The van der Waals surface area contributed by atoms with Gasteiger partial charge in [-0.2, -0.15) is 5.26 Å². The van der Waals surface area contributed by atoms with Gasteiger partial charge in [-0.05, 0) is 41.7 Å². The maximum Gasteiger partial charge on any atom is 0.196 e. The molecule has 3 aromatic rings. The zero-order chi connectivity index (χ0) is 19.9. The summed E-state index contributed by atoms with van der Waals surface area (Å²) >= 11 is 1.40. The number of carbonyl (C=O) groups is 1. The summed E-state index contributed by atoms with van der Waals surface area (Å²) in [4.78, 5) is 20.0. The smallest absolute Gasteiger partial charge is 0.196 e. The van der Waals surface area contributed by atoms with Crippen LogP contribution in [-0.2, 0) is 5.41 Å². The lowest BCUT2D eigenvalue weighted by atomic mass is 9.71. The van der Waals surface area contributed by atoms with E-state index in [1.165, 1.54) is 17.0 Å². The minimum Gasteiger partial charge on any atom is -0.371 e. The average Bonchev–Trinajstić information content (AvgIpc) is 3.44. The first-order valence-electron chi connectivity index (χ1n) is 10.2. The number of hydrogen-bond donors (Lipinski definition) is 2. The van der Waals surface area contributed by atoms with Gasteiger partial charge in [-0.3, -0.25) is 4.79 Å². The number of carbonyl (C=O) groups excluding carboxylic acids is 1. The second-order valence-electron chi connectivity index (χ2n) is 9.11. The first-order chi connectivity index (χ1) is 14.0. The van der Waals surface area contributed by atoms with E-state index >= 15 is 0 Å². The van der Waals surface area contributed by atoms with Crippen LogP contribution in [0, 0.1) is 23.2 Å². The number of nitrogens with one attached hydrogen (secondary N) is 2. The summed E-state index contributed by atoms with van der Waals surface area (Å²) in [6.07, 6.45) is 0. The van der Waals surface area contributed by atoms with Crippen molar-refractivity contribution in [2.24, 2.45) is 11.8 Å². The number of aromatic amines is 1. The molecule has 0 saturated carbocycles. The quantitative estimate of drug-likeness (QED) is 0.652. The summed E-state index contributed by atoms with van der Waals surface area (Å²) in [6.45, 7) is 8.78. The Morgan fingerprint density at radius 1 is 1.21 bits per heavy atom. The van der Waals surface area contributed by atoms with Gasteiger partial charge < -0.3 is 15.2 Å². The Balaban J connectivity index is 1.46. The van der Waals surface area contributed by atoms with Gasteiger partial charge in [0.2, 0.25) is 0 Å². The molecule has 2 unspecified atom stereocenters. The van der Waals surface area contributed by atoms with Gasteiger partial charge in [0.25, 0.3) is 0 Å². The number of hydrogen-bond acceptors (Lipinski definition) is 5. The van der Waals surface area contributed by atoms with E-state index < -0.39 is 0 Å². The molecule has 2 fully saturated rings. The standard InChI is InChI=1S/C23H22N4OS/c1-23(2)17-5-14(27-10-12-8-25-9-13(12)11-27)3-4-16(17)20(28)19-21-18(26-22(19)23)6-15(7-24)29-21/h3-6,12-13,25-26H,8-11H2,1-2H3. The van der Waals surface area contributed by atoms with Crippen LogP contribution in [0.1, 0.15) is 45.9 Å². The SMILES string of the molecule is CC1(C)c2cc(N3CC4CNCC4C3)ccc2C(=O)c2c1[nH]c1cc(C#N)sc21.